The summed E-state index contributed by atoms with van der Waals surface area (Å²) in [4.78, 5) is 0. The van der Waals surface area contributed by atoms with Crippen LogP contribution in [0, 0.1) is 0 Å². The highest BCUT2D eigenvalue weighted by molar-refractivity contribution is 5.80. The Bertz CT molecular complexity index is 911. The van der Waals surface area contributed by atoms with Crippen LogP contribution in [-0.4, -0.2) is 15.3 Å². The Balaban J connectivity index is 1.81. The van der Waals surface area contributed by atoms with Gasteiger partial charge in [0.15, 0.2) is 0 Å². The van der Waals surface area contributed by atoms with Crippen LogP contribution in [0.3, 0.4) is 0 Å². The number of fused-ring (bicyclic) bond motifs is 3. The molecule has 0 atom stereocenters. The van der Waals surface area contributed by atoms with Crippen LogP contribution in [-0.2, 0) is 19.3 Å². The van der Waals surface area contributed by atoms with Gasteiger partial charge in [0.25, 0.3) is 0 Å². The van der Waals surface area contributed by atoms with Crippen LogP contribution in [0.4, 0.5) is 0 Å². The average molecular weight is 318 g/mol. The first kappa shape index (κ1) is 14.6. The highest BCUT2D eigenvalue weighted by Crippen LogP contribution is 2.42. The fraction of sp³-hybridized carbons (Fsp3) is 0.143. The van der Waals surface area contributed by atoms with Crippen LogP contribution in [0.1, 0.15) is 22.3 Å². The zero-order valence-corrected chi connectivity index (χ0v) is 13.2. The fourth-order valence-electron chi connectivity index (χ4n) is 3.55. The average Bonchev–Trinajstić information content (AvgIpc) is 2.58. The maximum absolute atomic E-state index is 10.4. The highest BCUT2D eigenvalue weighted by atomic mass is 16.3. The van der Waals surface area contributed by atoms with E-state index in [0.717, 1.165) is 41.5 Å². The molecule has 0 fully saturated rings. The normalized spacial score (nSPS) is 12.5. The minimum Gasteiger partial charge on any atom is -0.508 e. The Morgan fingerprint density at radius 1 is 0.750 bits per heavy atom. The molecule has 1 aliphatic rings. The van der Waals surface area contributed by atoms with Crippen LogP contribution >= 0.6 is 0 Å². The van der Waals surface area contributed by atoms with Gasteiger partial charge in [0.05, 0.1) is 0 Å². The van der Waals surface area contributed by atoms with Crippen LogP contribution in [0.25, 0.3) is 11.1 Å². The Morgan fingerprint density at radius 3 is 2.29 bits per heavy atom. The van der Waals surface area contributed by atoms with E-state index in [1.807, 2.05) is 24.3 Å². The molecule has 4 rings (SSSR count). The molecule has 3 aromatic carbocycles. The second kappa shape index (κ2) is 5.60. The van der Waals surface area contributed by atoms with Crippen molar-refractivity contribution in [2.24, 2.45) is 0 Å². The predicted octanol–water partition coefficient (Wildman–Crippen LogP) is 4.16. The Hall–Kier alpha value is -2.94. The van der Waals surface area contributed by atoms with Crippen molar-refractivity contribution in [3.63, 3.8) is 0 Å². The van der Waals surface area contributed by atoms with E-state index in [1.54, 1.807) is 30.3 Å². The molecule has 0 spiro atoms. The number of aryl methyl sites for hydroxylation is 1. The van der Waals surface area contributed by atoms with Crippen molar-refractivity contribution in [2.45, 2.75) is 19.3 Å². The zero-order chi connectivity index (χ0) is 16.7. The molecule has 0 bridgehead atoms. The lowest BCUT2D eigenvalue weighted by Crippen LogP contribution is -2.08. The smallest absolute Gasteiger partial charge is 0.123 e. The lowest BCUT2D eigenvalue weighted by Gasteiger charge is -2.24. The van der Waals surface area contributed by atoms with Gasteiger partial charge < -0.3 is 15.3 Å². The molecule has 3 heteroatoms. The molecule has 3 N–H and O–H groups in total. The summed E-state index contributed by atoms with van der Waals surface area (Å²) in [6, 6.07) is 16.3. The van der Waals surface area contributed by atoms with Crippen LogP contribution in [0.2, 0.25) is 0 Å². The third kappa shape index (κ3) is 2.48. The molecule has 0 saturated heterocycles. The molecule has 120 valence electrons. The van der Waals surface area contributed by atoms with Crippen molar-refractivity contribution < 1.29 is 15.3 Å². The minimum atomic E-state index is 0.261. The van der Waals surface area contributed by atoms with E-state index in [0.29, 0.717) is 0 Å². The molecule has 0 aliphatic heterocycles. The zero-order valence-electron chi connectivity index (χ0n) is 13.2. The molecule has 3 aromatic rings. The van der Waals surface area contributed by atoms with Crippen LogP contribution in [0.15, 0.2) is 54.6 Å². The van der Waals surface area contributed by atoms with Gasteiger partial charge in [-0.05, 0) is 77.4 Å². The molecule has 0 unspecified atom stereocenters. The molecular weight excluding hydrogens is 300 g/mol. The summed E-state index contributed by atoms with van der Waals surface area (Å²) in [6.07, 6.45) is 2.45. The minimum absolute atomic E-state index is 0.261. The number of phenolic OH excluding ortho intramolecular Hbond substituents is 3. The van der Waals surface area contributed by atoms with Crippen molar-refractivity contribution in [1.29, 1.82) is 0 Å². The van der Waals surface area contributed by atoms with Crippen molar-refractivity contribution in [1.82, 2.24) is 0 Å². The third-order valence-corrected chi connectivity index (χ3v) is 4.72. The number of hydrogen-bond donors (Lipinski definition) is 3. The number of phenols is 3. The monoisotopic (exact) mass is 318 g/mol. The number of benzene rings is 3. The van der Waals surface area contributed by atoms with Crippen LogP contribution in [0.5, 0.6) is 17.2 Å². The summed E-state index contributed by atoms with van der Waals surface area (Å²) in [5.74, 6) is 0.809. The van der Waals surface area contributed by atoms with Gasteiger partial charge in [-0.2, -0.15) is 0 Å². The number of rotatable bonds is 2. The molecule has 0 radical (unpaired) electrons. The Morgan fingerprint density at radius 2 is 1.50 bits per heavy atom. The molecule has 1 aliphatic carbocycles. The first-order chi connectivity index (χ1) is 11.6. The van der Waals surface area contributed by atoms with Gasteiger partial charge in [-0.15, -0.1) is 0 Å². The largest absolute Gasteiger partial charge is 0.508 e. The van der Waals surface area contributed by atoms with Crippen LogP contribution < -0.4 is 0 Å². The van der Waals surface area contributed by atoms with Gasteiger partial charge in [0.2, 0.25) is 0 Å². The third-order valence-electron chi connectivity index (χ3n) is 4.72. The highest BCUT2D eigenvalue weighted by Gasteiger charge is 2.22. The molecule has 3 nitrogen and oxygen atoms in total. The molecule has 0 amide bonds. The van der Waals surface area contributed by atoms with Crippen molar-refractivity contribution in [3.05, 3.63) is 76.9 Å². The van der Waals surface area contributed by atoms with E-state index in [9.17, 15) is 15.3 Å². The number of aromatic hydroxyl groups is 3. The van der Waals surface area contributed by atoms with E-state index in [-0.39, 0.29) is 17.2 Å². The van der Waals surface area contributed by atoms with Crippen molar-refractivity contribution in [2.75, 3.05) is 0 Å². The molecular formula is C21H18O3. The fourth-order valence-corrected chi connectivity index (χ4v) is 3.55. The lowest BCUT2D eigenvalue weighted by molar-refractivity contribution is 0.472. The van der Waals surface area contributed by atoms with E-state index in [2.05, 4.69) is 0 Å². The van der Waals surface area contributed by atoms with E-state index < -0.39 is 0 Å². The van der Waals surface area contributed by atoms with Gasteiger partial charge in [-0.3, -0.25) is 0 Å². The predicted molar refractivity (Wildman–Crippen MR) is 93.5 cm³/mol. The summed E-state index contributed by atoms with van der Waals surface area (Å²) in [6.45, 7) is 0. The Labute approximate surface area is 140 Å². The van der Waals surface area contributed by atoms with Gasteiger partial charge in [-0.1, -0.05) is 24.3 Å². The SMILES string of the molecule is Oc1ccc(Cc2ccc(O)c3c2CCc2cc(O)ccc2-3)cc1. The first-order valence-corrected chi connectivity index (χ1v) is 8.06. The lowest BCUT2D eigenvalue weighted by atomic mass is 9.81. The van der Waals surface area contributed by atoms with E-state index >= 15 is 0 Å². The number of hydrogen-bond acceptors (Lipinski definition) is 3. The quantitative estimate of drug-likeness (QED) is 0.665. The second-order valence-electron chi connectivity index (χ2n) is 6.28. The molecule has 24 heavy (non-hydrogen) atoms. The Kier molecular flexibility index (Phi) is 3.42. The summed E-state index contributed by atoms with van der Waals surface area (Å²) in [5.41, 5.74) is 6.43. The van der Waals surface area contributed by atoms with E-state index in [1.165, 1.54) is 11.1 Å². The summed E-state index contributed by atoms with van der Waals surface area (Å²) >= 11 is 0. The van der Waals surface area contributed by atoms with Gasteiger partial charge in [0.1, 0.15) is 17.2 Å². The topological polar surface area (TPSA) is 60.7 Å². The van der Waals surface area contributed by atoms with Gasteiger partial charge in [-0.25, -0.2) is 0 Å². The van der Waals surface area contributed by atoms with Gasteiger partial charge >= 0.3 is 0 Å². The maximum Gasteiger partial charge on any atom is 0.123 e. The first-order valence-electron chi connectivity index (χ1n) is 8.06. The summed E-state index contributed by atoms with van der Waals surface area (Å²) in [5, 5.41) is 29.5. The summed E-state index contributed by atoms with van der Waals surface area (Å²) in [7, 11) is 0. The second-order valence-corrected chi connectivity index (χ2v) is 6.28. The molecule has 0 heterocycles. The van der Waals surface area contributed by atoms with Gasteiger partial charge in [0, 0.05) is 5.56 Å². The molecule has 0 saturated carbocycles. The summed E-state index contributed by atoms with van der Waals surface area (Å²) < 4.78 is 0. The standard InChI is InChI=1S/C21H18O3/c22-16-5-1-13(2-6-16)11-14-4-10-20(24)21-18(14)8-3-15-12-17(23)7-9-19(15)21/h1-2,4-7,9-10,12,22-24H,3,8,11H2. The van der Waals surface area contributed by atoms with Crippen molar-refractivity contribution >= 4 is 0 Å². The van der Waals surface area contributed by atoms with Crippen molar-refractivity contribution in [3.8, 4) is 28.4 Å². The van der Waals surface area contributed by atoms with E-state index in [4.69, 9.17) is 0 Å². The maximum atomic E-state index is 10.4. The molecule has 0 aromatic heterocycles.